The summed E-state index contributed by atoms with van der Waals surface area (Å²) in [5.74, 6) is 1.46. The Kier molecular flexibility index (Phi) is 4.61. The third-order valence-corrected chi connectivity index (χ3v) is 5.00. The van der Waals surface area contributed by atoms with Crippen LogP contribution in [0.2, 0.25) is 0 Å². The van der Waals surface area contributed by atoms with Crippen molar-refractivity contribution in [2.45, 2.75) is 0 Å². The molecule has 0 saturated heterocycles. The van der Waals surface area contributed by atoms with Crippen molar-refractivity contribution in [2.24, 2.45) is 0 Å². The maximum absolute atomic E-state index is 5.76. The zero-order chi connectivity index (χ0) is 14.6. The molecule has 0 saturated carbocycles. The molecular formula is C14H18O5Si. The van der Waals surface area contributed by atoms with Gasteiger partial charge in [-0.2, -0.15) is 0 Å². The van der Waals surface area contributed by atoms with Crippen LogP contribution in [0.5, 0.6) is 11.5 Å². The van der Waals surface area contributed by atoms with E-state index in [4.69, 9.17) is 22.4 Å². The number of fused-ring (bicyclic) bond motifs is 1. The quantitative estimate of drug-likeness (QED) is 0.766. The Morgan fingerprint density at radius 3 is 1.70 bits per heavy atom. The highest BCUT2D eigenvalue weighted by atomic mass is 28.4. The zero-order valence-electron chi connectivity index (χ0n) is 12.0. The van der Waals surface area contributed by atoms with Crippen LogP contribution in [0.4, 0.5) is 0 Å². The van der Waals surface area contributed by atoms with E-state index in [1.165, 1.54) is 21.3 Å². The highest BCUT2D eigenvalue weighted by Crippen LogP contribution is 2.26. The molecule has 0 aromatic heterocycles. The number of rotatable bonds is 6. The summed E-state index contributed by atoms with van der Waals surface area (Å²) < 4.78 is 26.7. The molecule has 2 aromatic rings. The van der Waals surface area contributed by atoms with Crippen molar-refractivity contribution in [3.8, 4) is 11.5 Å². The van der Waals surface area contributed by atoms with E-state index in [2.05, 4.69) is 0 Å². The Morgan fingerprint density at radius 2 is 1.20 bits per heavy atom. The molecule has 0 radical (unpaired) electrons. The predicted octanol–water partition coefficient (Wildman–Crippen LogP) is 2.60. The first-order chi connectivity index (χ1) is 9.66. The minimum absolute atomic E-state index is 0.639. The van der Waals surface area contributed by atoms with Gasteiger partial charge in [0.05, 0.1) is 7.11 Å². The third kappa shape index (κ3) is 2.93. The van der Waals surface area contributed by atoms with Crippen molar-refractivity contribution >= 4 is 19.8 Å². The lowest BCUT2D eigenvalue weighted by molar-refractivity contribution is 0.0511. The van der Waals surface area contributed by atoms with Crippen molar-refractivity contribution in [3.05, 3.63) is 36.4 Å². The van der Waals surface area contributed by atoms with Gasteiger partial charge in [-0.15, -0.1) is 0 Å². The van der Waals surface area contributed by atoms with Gasteiger partial charge in [0.1, 0.15) is 11.5 Å². The number of hydrogen-bond acceptors (Lipinski definition) is 5. The maximum atomic E-state index is 5.76. The van der Waals surface area contributed by atoms with Gasteiger partial charge in [0, 0.05) is 21.3 Å². The lowest BCUT2D eigenvalue weighted by atomic mass is 10.1. The maximum Gasteiger partial charge on any atom is 0.748 e. The second-order valence-electron chi connectivity index (χ2n) is 4.09. The van der Waals surface area contributed by atoms with Gasteiger partial charge in [-0.25, -0.2) is 0 Å². The summed E-state index contributed by atoms with van der Waals surface area (Å²) in [4.78, 5) is 0. The molecule has 0 aliphatic rings. The molecule has 0 N–H and O–H groups in total. The van der Waals surface area contributed by atoms with Crippen molar-refractivity contribution in [1.82, 2.24) is 0 Å². The normalized spacial score (nSPS) is 11.6. The van der Waals surface area contributed by atoms with E-state index in [0.29, 0.717) is 5.75 Å². The Hall–Kier alpha value is -1.60. The summed E-state index contributed by atoms with van der Waals surface area (Å²) in [6.07, 6.45) is 0. The first kappa shape index (κ1) is 14.8. The van der Waals surface area contributed by atoms with Crippen LogP contribution < -0.4 is 9.16 Å². The van der Waals surface area contributed by atoms with Gasteiger partial charge >= 0.3 is 9.05 Å². The molecule has 0 heterocycles. The van der Waals surface area contributed by atoms with Gasteiger partial charge in [0.25, 0.3) is 0 Å². The molecule has 6 heteroatoms. The van der Waals surface area contributed by atoms with E-state index >= 15 is 0 Å². The van der Waals surface area contributed by atoms with Gasteiger partial charge in [-0.1, -0.05) is 12.1 Å². The molecule has 0 atom stereocenters. The van der Waals surface area contributed by atoms with E-state index in [0.717, 1.165) is 16.5 Å². The van der Waals surface area contributed by atoms with Crippen LogP contribution in [0, 0.1) is 0 Å². The van der Waals surface area contributed by atoms with Gasteiger partial charge < -0.3 is 22.4 Å². The zero-order valence-corrected chi connectivity index (χ0v) is 13.0. The molecule has 0 bridgehead atoms. The molecule has 0 amide bonds. The summed E-state index contributed by atoms with van der Waals surface area (Å²) in [6.45, 7) is 0. The summed E-state index contributed by atoms with van der Waals surface area (Å²) in [6, 6.07) is 11.5. The fraction of sp³-hybridized carbons (Fsp3) is 0.286. The predicted molar refractivity (Wildman–Crippen MR) is 77.9 cm³/mol. The number of ether oxygens (including phenoxy) is 1. The molecule has 0 spiro atoms. The topological polar surface area (TPSA) is 46.2 Å². The average Bonchev–Trinajstić information content (AvgIpc) is 2.52. The molecule has 108 valence electrons. The standard InChI is InChI=1S/C14H18O5Si/c1-15-13-7-5-12-10-14(8-6-11(12)9-13)19-20(16-2,17-3)18-4/h5-10H,1-4H3. The minimum atomic E-state index is -3.09. The van der Waals surface area contributed by atoms with Gasteiger partial charge in [-0.05, 0) is 35.0 Å². The SMILES string of the molecule is COc1ccc2cc(O[Si](OC)(OC)OC)ccc2c1. The van der Waals surface area contributed by atoms with E-state index < -0.39 is 9.05 Å². The second kappa shape index (κ2) is 6.23. The molecule has 5 nitrogen and oxygen atoms in total. The summed E-state index contributed by atoms with van der Waals surface area (Å²) in [7, 11) is 3.07. The second-order valence-corrected chi connectivity index (χ2v) is 6.52. The van der Waals surface area contributed by atoms with E-state index in [9.17, 15) is 0 Å². The van der Waals surface area contributed by atoms with Crippen molar-refractivity contribution in [2.75, 3.05) is 28.4 Å². The van der Waals surface area contributed by atoms with Crippen LogP contribution in [0.15, 0.2) is 36.4 Å². The number of hydrogen-bond donors (Lipinski definition) is 0. The largest absolute Gasteiger partial charge is 0.748 e. The van der Waals surface area contributed by atoms with Gasteiger partial charge in [0.15, 0.2) is 0 Å². The molecule has 0 aliphatic heterocycles. The molecule has 0 fully saturated rings. The molecular weight excluding hydrogens is 276 g/mol. The van der Waals surface area contributed by atoms with Crippen LogP contribution in [-0.4, -0.2) is 37.5 Å². The molecule has 2 aromatic carbocycles. The van der Waals surface area contributed by atoms with Gasteiger partial charge in [-0.3, -0.25) is 0 Å². The summed E-state index contributed by atoms with van der Waals surface area (Å²) in [5, 5.41) is 2.10. The van der Waals surface area contributed by atoms with Gasteiger partial charge in [0.2, 0.25) is 0 Å². The van der Waals surface area contributed by atoms with Crippen LogP contribution in [0.25, 0.3) is 10.8 Å². The van der Waals surface area contributed by atoms with Crippen LogP contribution >= 0.6 is 0 Å². The summed E-state index contributed by atoms with van der Waals surface area (Å²) >= 11 is 0. The monoisotopic (exact) mass is 294 g/mol. The summed E-state index contributed by atoms with van der Waals surface area (Å²) in [5.41, 5.74) is 0. The lowest BCUT2D eigenvalue weighted by Gasteiger charge is -2.23. The average molecular weight is 294 g/mol. The molecule has 0 aliphatic carbocycles. The minimum Gasteiger partial charge on any atom is -0.497 e. The Labute approximate surface area is 119 Å². The lowest BCUT2D eigenvalue weighted by Crippen LogP contribution is -2.49. The molecule has 0 unspecified atom stereocenters. The first-order valence-electron chi connectivity index (χ1n) is 6.08. The van der Waals surface area contributed by atoms with E-state index in [-0.39, 0.29) is 0 Å². The van der Waals surface area contributed by atoms with Crippen LogP contribution in [-0.2, 0) is 13.3 Å². The highest BCUT2D eigenvalue weighted by Gasteiger charge is 2.45. The van der Waals surface area contributed by atoms with Crippen molar-refractivity contribution < 1.29 is 22.4 Å². The fourth-order valence-electron chi connectivity index (χ4n) is 1.91. The van der Waals surface area contributed by atoms with Crippen LogP contribution in [0.3, 0.4) is 0 Å². The smallest absolute Gasteiger partial charge is 0.497 e. The molecule has 20 heavy (non-hydrogen) atoms. The Bertz CT molecular complexity index is 575. The fourth-order valence-corrected chi connectivity index (χ4v) is 3.08. The van der Waals surface area contributed by atoms with E-state index in [1.807, 2.05) is 36.4 Å². The highest BCUT2D eigenvalue weighted by molar-refractivity contribution is 6.54. The van der Waals surface area contributed by atoms with Crippen molar-refractivity contribution in [1.29, 1.82) is 0 Å². The van der Waals surface area contributed by atoms with Crippen molar-refractivity contribution in [3.63, 3.8) is 0 Å². The number of methoxy groups -OCH3 is 1. The van der Waals surface area contributed by atoms with E-state index in [1.54, 1.807) is 7.11 Å². The third-order valence-electron chi connectivity index (χ3n) is 3.01. The van der Waals surface area contributed by atoms with Crippen LogP contribution in [0.1, 0.15) is 0 Å². The number of benzene rings is 2. The Morgan fingerprint density at radius 1 is 0.700 bits per heavy atom. The Balaban J connectivity index is 2.32. The first-order valence-corrected chi connectivity index (χ1v) is 7.72. The molecule has 2 rings (SSSR count).